The third-order valence-corrected chi connectivity index (χ3v) is 5.18. The van der Waals surface area contributed by atoms with Gasteiger partial charge in [-0.05, 0) is 45.6 Å². The second kappa shape index (κ2) is 6.19. The summed E-state index contributed by atoms with van der Waals surface area (Å²) < 4.78 is 6.27. The predicted molar refractivity (Wildman–Crippen MR) is 91.0 cm³/mol. The fourth-order valence-electron chi connectivity index (χ4n) is 1.83. The van der Waals surface area contributed by atoms with Gasteiger partial charge in [0.1, 0.15) is 5.75 Å². The molecular formula is C16H20BrNOS. The van der Waals surface area contributed by atoms with E-state index in [9.17, 15) is 0 Å². The van der Waals surface area contributed by atoms with E-state index in [0.29, 0.717) is 0 Å². The van der Waals surface area contributed by atoms with E-state index in [0.717, 1.165) is 22.5 Å². The van der Waals surface area contributed by atoms with Crippen LogP contribution in [0.1, 0.15) is 30.5 Å². The van der Waals surface area contributed by atoms with Gasteiger partial charge in [-0.1, -0.05) is 20.8 Å². The molecule has 0 atom stereocenters. The maximum atomic E-state index is 5.30. The summed E-state index contributed by atoms with van der Waals surface area (Å²) in [6.45, 7) is 7.58. The van der Waals surface area contributed by atoms with Crippen LogP contribution in [-0.2, 0) is 12.0 Å². The molecule has 0 aliphatic heterocycles. The van der Waals surface area contributed by atoms with Crippen molar-refractivity contribution in [2.45, 2.75) is 32.7 Å². The number of nitrogens with one attached hydrogen (secondary N) is 1. The molecule has 4 heteroatoms. The van der Waals surface area contributed by atoms with Crippen molar-refractivity contribution in [2.24, 2.45) is 0 Å². The number of hydrogen-bond donors (Lipinski definition) is 1. The molecule has 0 saturated carbocycles. The minimum absolute atomic E-state index is 0.226. The van der Waals surface area contributed by atoms with Gasteiger partial charge in [-0.15, -0.1) is 11.3 Å². The molecule has 1 aromatic heterocycles. The van der Waals surface area contributed by atoms with Crippen LogP contribution in [0.15, 0.2) is 34.8 Å². The van der Waals surface area contributed by atoms with Gasteiger partial charge in [0.05, 0.1) is 11.6 Å². The number of halogens is 1. The number of benzene rings is 1. The van der Waals surface area contributed by atoms with Crippen LogP contribution in [0.25, 0.3) is 0 Å². The SMILES string of the molecule is COc1cc(NCc2ccc(C(C)(C)C)s2)ccc1Br. The molecule has 2 aromatic rings. The van der Waals surface area contributed by atoms with E-state index in [1.165, 1.54) is 9.75 Å². The number of rotatable bonds is 4. The van der Waals surface area contributed by atoms with Crippen molar-refractivity contribution in [1.82, 2.24) is 0 Å². The Bertz CT molecular complexity index is 586. The van der Waals surface area contributed by atoms with E-state index in [4.69, 9.17) is 4.74 Å². The standard InChI is InChI=1S/C16H20BrNOS/c1-16(2,3)15-8-6-12(20-15)10-18-11-5-7-13(17)14(9-11)19-4/h5-9,18H,10H2,1-4H3. The number of thiophene rings is 1. The van der Waals surface area contributed by atoms with Crippen molar-refractivity contribution in [3.05, 3.63) is 44.6 Å². The molecule has 2 nitrogen and oxygen atoms in total. The fraction of sp³-hybridized carbons (Fsp3) is 0.375. The lowest BCUT2D eigenvalue weighted by atomic mass is 9.95. The Kier molecular flexibility index (Phi) is 4.76. The summed E-state index contributed by atoms with van der Waals surface area (Å²) in [6.07, 6.45) is 0. The van der Waals surface area contributed by atoms with Crippen LogP contribution in [0.4, 0.5) is 5.69 Å². The van der Waals surface area contributed by atoms with Crippen molar-refractivity contribution < 1.29 is 4.74 Å². The maximum absolute atomic E-state index is 5.30. The molecule has 1 N–H and O–H groups in total. The van der Waals surface area contributed by atoms with Gasteiger partial charge in [0.2, 0.25) is 0 Å². The van der Waals surface area contributed by atoms with Crippen LogP contribution >= 0.6 is 27.3 Å². The Morgan fingerprint density at radius 2 is 1.95 bits per heavy atom. The summed E-state index contributed by atoms with van der Waals surface area (Å²) >= 11 is 5.33. The smallest absolute Gasteiger partial charge is 0.135 e. The molecule has 0 aliphatic carbocycles. The molecule has 20 heavy (non-hydrogen) atoms. The largest absolute Gasteiger partial charge is 0.495 e. The minimum Gasteiger partial charge on any atom is -0.495 e. The van der Waals surface area contributed by atoms with E-state index in [1.54, 1.807) is 7.11 Å². The molecule has 0 saturated heterocycles. The average molecular weight is 354 g/mol. The molecule has 1 aromatic carbocycles. The van der Waals surface area contributed by atoms with Crippen molar-refractivity contribution in [3.63, 3.8) is 0 Å². The first-order valence-corrected chi connectivity index (χ1v) is 8.17. The van der Waals surface area contributed by atoms with Crippen LogP contribution in [0.2, 0.25) is 0 Å². The summed E-state index contributed by atoms with van der Waals surface area (Å²) in [4.78, 5) is 2.76. The Morgan fingerprint density at radius 1 is 1.20 bits per heavy atom. The molecule has 0 aliphatic rings. The topological polar surface area (TPSA) is 21.3 Å². The molecule has 0 unspecified atom stereocenters. The van der Waals surface area contributed by atoms with Gasteiger partial charge in [0.15, 0.2) is 0 Å². The molecule has 0 spiro atoms. The van der Waals surface area contributed by atoms with Crippen LogP contribution < -0.4 is 10.1 Å². The first kappa shape index (κ1) is 15.4. The molecule has 0 bridgehead atoms. The number of anilines is 1. The Labute approximate surface area is 133 Å². The monoisotopic (exact) mass is 353 g/mol. The quantitative estimate of drug-likeness (QED) is 0.791. The zero-order valence-corrected chi connectivity index (χ0v) is 14.7. The lowest BCUT2D eigenvalue weighted by Crippen LogP contribution is -2.07. The molecule has 2 rings (SSSR count). The lowest BCUT2D eigenvalue weighted by molar-refractivity contribution is 0.412. The number of ether oxygens (including phenoxy) is 1. The van der Waals surface area contributed by atoms with E-state index >= 15 is 0 Å². The van der Waals surface area contributed by atoms with E-state index in [1.807, 2.05) is 29.5 Å². The fourth-order valence-corrected chi connectivity index (χ4v) is 3.25. The summed E-state index contributed by atoms with van der Waals surface area (Å²) in [5.41, 5.74) is 1.29. The van der Waals surface area contributed by atoms with E-state index < -0.39 is 0 Å². The summed E-state index contributed by atoms with van der Waals surface area (Å²) in [7, 11) is 1.68. The zero-order valence-electron chi connectivity index (χ0n) is 12.3. The zero-order chi connectivity index (χ0) is 14.8. The predicted octanol–water partition coefficient (Wildman–Crippen LogP) is 5.43. The molecule has 0 amide bonds. The Balaban J connectivity index is 2.04. The van der Waals surface area contributed by atoms with Gasteiger partial charge < -0.3 is 10.1 Å². The first-order chi connectivity index (χ1) is 9.40. The summed E-state index contributed by atoms with van der Waals surface area (Å²) in [6, 6.07) is 10.5. The van der Waals surface area contributed by atoms with Crippen molar-refractivity contribution >= 4 is 33.0 Å². The van der Waals surface area contributed by atoms with Gasteiger partial charge in [-0.25, -0.2) is 0 Å². The van der Waals surface area contributed by atoms with Crippen molar-refractivity contribution in [1.29, 1.82) is 0 Å². The Morgan fingerprint density at radius 3 is 2.55 bits per heavy atom. The highest BCUT2D eigenvalue weighted by atomic mass is 79.9. The highest BCUT2D eigenvalue weighted by molar-refractivity contribution is 9.10. The number of methoxy groups -OCH3 is 1. The highest BCUT2D eigenvalue weighted by Gasteiger charge is 2.15. The van der Waals surface area contributed by atoms with Crippen molar-refractivity contribution in [3.8, 4) is 5.75 Å². The molecule has 0 fully saturated rings. The minimum atomic E-state index is 0.226. The average Bonchev–Trinajstić information content (AvgIpc) is 2.86. The molecule has 1 heterocycles. The molecule has 108 valence electrons. The third kappa shape index (κ3) is 3.76. The van der Waals surface area contributed by atoms with Crippen LogP contribution in [0.3, 0.4) is 0 Å². The van der Waals surface area contributed by atoms with E-state index in [2.05, 4.69) is 54.2 Å². The lowest BCUT2D eigenvalue weighted by Gasteiger charge is -2.15. The van der Waals surface area contributed by atoms with Crippen LogP contribution in [-0.4, -0.2) is 7.11 Å². The van der Waals surface area contributed by atoms with E-state index in [-0.39, 0.29) is 5.41 Å². The Hall–Kier alpha value is -1.00. The van der Waals surface area contributed by atoms with Gasteiger partial charge in [0, 0.05) is 28.1 Å². The highest BCUT2D eigenvalue weighted by Crippen LogP contribution is 2.31. The second-order valence-corrected chi connectivity index (χ2v) is 7.74. The molecular weight excluding hydrogens is 334 g/mol. The summed E-state index contributed by atoms with van der Waals surface area (Å²) in [5, 5.41) is 3.44. The van der Waals surface area contributed by atoms with Crippen LogP contribution in [0.5, 0.6) is 5.75 Å². The van der Waals surface area contributed by atoms with Gasteiger partial charge in [-0.3, -0.25) is 0 Å². The number of hydrogen-bond acceptors (Lipinski definition) is 3. The maximum Gasteiger partial charge on any atom is 0.135 e. The van der Waals surface area contributed by atoms with Gasteiger partial charge in [-0.2, -0.15) is 0 Å². The normalized spacial score (nSPS) is 11.4. The molecule has 0 radical (unpaired) electrons. The summed E-state index contributed by atoms with van der Waals surface area (Å²) in [5.74, 6) is 0.844. The third-order valence-electron chi connectivity index (χ3n) is 3.02. The van der Waals surface area contributed by atoms with Gasteiger partial charge >= 0.3 is 0 Å². The first-order valence-electron chi connectivity index (χ1n) is 6.57. The van der Waals surface area contributed by atoms with Crippen molar-refractivity contribution in [2.75, 3.05) is 12.4 Å². The van der Waals surface area contributed by atoms with Crippen LogP contribution in [0, 0.1) is 0 Å². The van der Waals surface area contributed by atoms with Gasteiger partial charge in [0.25, 0.3) is 0 Å². The second-order valence-electron chi connectivity index (χ2n) is 5.72.